The molecule has 0 saturated heterocycles. The second-order valence-electron chi connectivity index (χ2n) is 11.0. The molecule has 1 N–H and O–H groups in total. The van der Waals surface area contributed by atoms with E-state index in [4.69, 9.17) is 33.2 Å². The molecule has 0 heterocycles. The van der Waals surface area contributed by atoms with Gasteiger partial charge in [0.1, 0.15) is 6.61 Å². The van der Waals surface area contributed by atoms with Gasteiger partial charge in [-0.25, -0.2) is 4.79 Å². The van der Waals surface area contributed by atoms with Crippen LogP contribution < -0.4 is 5.32 Å². The van der Waals surface area contributed by atoms with Crippen LogP contribution in [0.5, 0.6) is 0 Å². The van der Waals surface area contributed by atoms with Crippen LogP contribution in [0, 0.1) is 0 Å². The summed E-state index contributed by atoms with van der Waals surface area (Å²) in [5.74, 6) is 0.0606. The zero-order valence-electron chi connectivity index (χ0n) is 27.3. The Morgan fingerprint density at radius 3 is 1.49 bits per heavy atom. The highest BCUT2D eigenvalue weighted by Crippen LogP contribution is 2.44. The molecular weight excluding hydrogens is 574 g/mol. The van der Waals surface area contributed by atoms with E-state index in [2.05, 4.69) is 36.5 Å². The number of hydrogen-bond donors (Lipinski definition) is 1. The number of rotatable bonds is 28. The minimum atomic E-state index is -0.404. The number of benzene rings is 2. The SMILES string of the molecule is CCCCCCCCOCCOCCOCCOCCOCCOCCCNC(=O)OCC1c2ccccc2-c2ccccc21. The smallest absolute Gasteiger partial charge is 0.407 e. The zero-order chi connectivity index (χ0) is 31.6. The number of ether oxygens (including phenoxy) is 7. The lowest BCUT2D eigenvalue weighted by Gasteiger charge is -2.14. The Morgan fingerprint density at radius 1 is 0.556 bits per heavy atom. The van der Waals surface area contributed by atoms with E-state index in [1.807, 2.05) is 24.3 Å². The summed E-state index contributed by atoms with van der Waals surface area (Å²) >= 11 is 0. The maximum absolute atomic E-state index is 12.2. The highest BCUT2D eigenvalue weighted by Gasteiger charge is 2.28. The second-order valence-corrected chi connectivity index (χ2v) is 11.0. The lowest BCUT2D eigenvalue weighted by Crippen LogP contribution is -2.27. The van der Waals surface area contributed by atoms with Crippen LogP contribution in [-0.2, 0) is 33.2 Å². The van der Waals surface area contributed by atoms with Gasteiger partial charge in [-0.05, 0) is 35.1 Å². The first-order chi connectivity index (χ1) is 22.3. The highest BCUT2D eigenvalue weighted by atomic mass is 16.6. The Bertz CT molecular complexity index is 990. The maximum atomic E-state index is 12.2. The van der Waals surface area contributed by atoms with Crippen molar-refractivity contribution in [3.05, 3.63) is 59.7 Å². The third-order valence-corrected chi connectivity index (χ3v) is 7.58. The summed E-state index contributed by atoms with van der Waals surface area (Å²) in [7, 11) is 0. The summed E-state index contributed by atoms with van der Waals surface area (Å²) in [5.41, 5.74) is 4.84. The van der Waals surface area contributed by atoms with Crippen LogP contribution in [0.25, 0.3) is 11.1 Å². The molecule has 0 fully saturated rings. The van der Waals surface area contributed by atoms with Crippen molar-refractivity contribution in [2.45, 2.75) is 57.8 Å². The topological polar surface area (TPSA) is 93.7 Å². The van der Waals surface area contributed by atoms with E-state index in [1.54, 1.807) is 0 Å². The summed E-state index contributed by atoms with van der Waals surface area (Å²) in [6, 6.07) is 16.6. The molecule has 0 atom stereocenters. The fourth-order valence-electron chi connectivity index (χ4n) is 5.20. The number of amides is 1. The summed E-state index contributed by atoms with van der Waals surface area (Å²) in [6.45, 7) is 9.85. The van der Waals surface area contributed by atoms with Gasteiger partial charge in [-0.3, -0.25) is 0 Å². The second kappa shape index (κ2) is 24.7. The average Bonchev–Trinajstić information content (AvgIpc) is 3.39. The van der Waals surface area contributed by atoms with Gasteiger partial charge in [0.15, 0.2) is 0 Å². The minimum Gasteiger partial charge on any atom is -0.449 e. The fraction of sp³-hybridized carbons (Fsp3) is 0.639. The Morgan fingerprint density at radius 2 is 0.978 bits per heavy atom. The van der Waals surface area contributed by atoms with Gasteiger partial charge in [0.25, 0.3) is 0 Å². The lowest BCUT2D eigenvalue weighted by molar-refractivity contribution is -0.0169. The first kappa shape index (κ1) is 36.9. The molecule has 1 amide bonds. The quantitative estimate of drug-likeness (QED) is 0.109. The standard InChI is InChI=1S/C36H55NO8/c1-2-3-4-5-6-11-18-39-20-22-41-24-26-43-28-29-44-27-25-42-23-21-40-19-12-17-37-36(38)45-30-35-33-15-9-7-13-31(33)32-14-8-10-16-34(32)35/h7-10,13-16,35H,2-6,11-12,17-30H2,1H3,(H,37,38). The summed E-state index contributed by atoms with van der Waals surface area (Å²) < 4.78 is 38.8. The van der Waals surface area contributed by atoms with Crippen LogP contribution in [0.15, 0.2) is 48.5 Å². The Balaban J connectivity index is 1.01. The van der Waals surface area contributed by atoms with Gasteiger partial charge in [0.05, 0.1) is 66.1 Å². The zero-order valence-corrected chi connectivity index (χ0v) is 27.3. The van der Waals surface area contributed by atoms with Crippen molar-refractivity contribution in [1.82, 2.24) is 5.32 Å². The van der Waals surface area contributed by atoms with E-state index in [0.29, 0.717) is 92.2 Å². The molecule has 9 nitrogen and oxygen atoms in total. The van der Waals surface area contributed by atoms with Crippen LogP contribution in [0.2, 0.25) is 0 Å². The number of carbonyl (C=O) groups is 1. The van der Waals surface area contributed by atoms with Gasteiger partial charge in [-0.1, -0.05) is 87.6 Å². The number of carbonyl (C=O) groups excluding carboxylic acids is 1. The molecule has 1 aliphatic rings. The van der Waals surface area contributed by atoms with Gasteiger partial charge in [-0.2, -0.15) is 0 Å². The Kier molecular flexibility index (Phi) is 20.2. The number of nitrogens with one attached hydrogen (secondary N) is 1. The van der Waals surface area contributed by atoms with Gasteiger partial charge in [0, 0.05) is 25.7 Å². The molecule has 0 radical (unpaired) electrons. The molecule has 0 aromatic heterocycles. The van der Waals surface area contributed by atoms with Crippen molar-refractivity contribution >= 4 is 6.09 Å². The van der Waals surface area contributed by atoms with E-state index < -0.39 is 6.09 Å². The molecule has 0 aliphatic heterocycles. The molecule has 0 unspecified atom stereocenters. The summed E-state index contributed by atoms with van der Waals surface area (Å²) in [5, 5.41) is 2.81. The minimum absolute atomic E-state index is 0.0606. The first-order valence-corrected chi connectivity index (χ1v) is 16.9. The normalized spacial score (nSPS) is 12.3. The predicted octanol–water partition coefficient (Wildman–Crippen LogP) is 6.38. The molecule has 2 aromatic carbocycles. The van der Waals surface area contributed by atoms with Crippen LogP contribution in [-0.4, -0.2) is 98.5 Å². The molecule has 9 heteroatoms. The Labute approximate surface area is 270 Å². The lowest BCUT2D eigenvalue weighted by atomic mass is 9.98. The molecule has 0 bridgehead atoms. The average molecular weight is 630 g/mol. The Hall–Kier alpha value is -2.53. The monoisotopic (exact) mass is 629 g/mol. The van der Waals surface area contributed by atoms with E-state index in [0.717, 1.165) is 13.0 Å². The van der Waals surface area contributed by atoms with E-state index in [1.165, 1.54) is 54.4 Å². The van der Waals surface area contributed by atoms with E-state index >= 15 is 0 Å². The molecule has 45 heavy (non-hydrogen) atoms. The van der Waals surface area contributed by atoms with Gasteiger partial charge in [0.2, 0.25) is 0 Å². The van der Waals surface area contributed by atoms with Gasteiger partial charge < -0.3 is 38.5 Å². The number of unbranched alkanes of at least 4 members (excludes halogenated alkanes) is 5. The molecule has 252 valence electrons. The molecule has 2 aromatic rings. The number of alkyl carbamates (subject to hydrolysis) is 1. The molecule has 3 rings (SSSR count). The molecule has 0 saturated carbocycles. The highest BCUT2D eigenvalue weighted by molar-refractivity contribution is 5.79. The predicted molar refractivity (Wildman–Crippen MR) is 176 cm³/mol. The van der Waals surface area contributed by atoms with E-state index in [9.17, 15) is 4.79 Å². The third kappa shape index (κ3) is 15.5. The van der Waals surface area contributed by atoms with Gasteiger partial charge in [-0.15, -0.1) is 0 Å². The summed E-state index contributed by atoms with van der Waals surface area (Å²) in [6.07, 6.45) is 7.97. The van der Waals surface area contributed by atoms with Crippen molar-refractivity contribution < 1.29 is 38.0 Å². The summed E-state index contributed by atoms with van der Waals surface area (Å²) in [4.78, 5) is 12.2. The maximum Gasteiger partial charge on any atom is 0.407 e. The molecule has 0 spiro atoms. The molecule has 1 aliphatic carbocycles. The third-order valence-electron chi connectivity index (χ3n) is 7.58. The van der Waals surface area contributed by atoms with Crippen LogP contribution in [0.4, 0.5) is 4.79 Å². The van der Waals surface area contributed by atoms with Crippen molar-refractivity contribution in [3.63, 3.8) is 0 Å². The van der Waals surface area contributed by atoms with Crippen molar-refractivity contribution in [1.29, 1.82) is 0 Å². The first-order valence-electron chi connectivity index (χ1n) is 16.9. The van der Waals surface area contributed by atoms with Gasteiger partial charge >= 0.3 is 6.09 Å². The van der Waals surface area contributed by atoms with Crippen molar-refractivity contribution in [3.8, 4) is 11.1 Å². The number of fused-ring (bicyclic) bond motifs is 3. The van der Waals surface area contributed by atoms with Crippen molar-refractivity contribution in [2.24, 2.45) is 0 Å². The van der Waals surface area contributed by atoms with Crippen LogP contribution >= 0.6 is 0 Å². The molecular formula is C36H55NO8. The van der Waals surface area contributed by atoms with E-state index in [-0.39, 0.29) is 5.92 Å². The van der Waals surface area contributed by atoms with Crippen molar-refractivity contribution in [2.75, 3.05) is 92.4 Å². The number of hydrogen-bond acceptors (Lipinski definition) is 8. The van der Waals surface area contributed by atoms with Crippen LogP contribution in [0.3, 0.4) is 0 Å². The van der Waals surface area contributed by atoms with Crippen LogP contribution in [0.1, 0.15) is 68.9 Å². The fourth-order valence-corrected chi connectivity index (χ4v) is 5.20. The largest absolute Gasteiger partial charge is 0.449 e.